The van der Waals surface area contributed by atoms with Crippen LogP contribution < -0.4 is 11.3 Å². The fourth-order valence-electron chi connectivity index (χ4n) is 2.07. The number of hydrogen-bond donors (Lipinski definition) is 2. The van der Waals surface area contributed by atoms with E-state index in [1.54, 1.807) is 0 Å². The molecule has 4 heteroatoms. The van der Waals surface area contributed by atoms with E-state index in [1.165, 1.54) is 0 Å². The molecule has 0 aliphatic rings. The first-order valence-corrected chi connectivity index (χ1v) is 6.22. The van der Waals surface area contributed by atoms with Gasteiger partial charge < -0.3 is 4.90 Å². The van der Waals surface area contributed by atoms with Crippen LogP contribution in [-0.2, 0) is 0 Å². The van der Waals surface area contributed by atoms with Crippen molar-refractivity contribution in [2.24, 2.45) is 5.84 Å². The van der Waals surface area contributed by atoms with Gasteiger partial charge in [0.1, 0.15) is 0 Å². The van der Waals surface area contributed by atoms with E-state index in [0.29, 0.717) is 0 Å². The fraction of sp³-hybridized carbons (Fsp3) is 0.538. The summed E-state index contributed by atoms with van der Waals surface area (Å²) in [5.41, 5.74) is 4.03. The van der Waals surface area contributed by atoms with Crippen LogP contribution in [0.15, 0.2) is 24.3 Å². The predicted octanol–water partition coefficient (Wildman–Crippen LogP) is 2.57. The largest absolute Gasteiger partial charge is 0.302 e. The third-order valence-corrected chi connectivity index (χ3v) is 3.98. The summed E-state index contributed by atoms with van der Waals surface area (Å²) in [6.07, 6.45) is 0.998. The van der Waals surface area contributed by atoms with E-state index in [9.17, 15) is 0 Å². The van der Waals surface area contributed by atoms with Gasteiger partial charge in [-0.2, -0.15) is 0 Å². The molecular weight excluding hydrogens is 234 g/mol. The molecule has 3 N–H and O–H groups in total. The van der Waals surface area contributed by atoms with Crippen LogP contribution in [0.25, 0.3) is 0 Å². The van der Waals surface area contributed by atoms with Crippen molar-refractivity contribution in [3.05, 3.63) is 34.9 Å². The summed E-state index contributed by atoms with van der Waals surface area (Å²) in [7, 11) is 4.15. The van der Waals surface area contributed by atoms with Crippen LogP contribution in [0.3, 0.4) is 0 Å². The Labute approximate surface area is 109 Å². The van der Waals surface area contributed by atoms with E-state index in [2.05, 4.69) is 38.3 Å². The molecule has 2 atom stereocenters. The molecule has 0 aliphatic heterocycles. The molecule has 0 amide bonds. The van der Waals surface area contributed by atoms with E-state index in [-0.39, 0.29) is 11.6 Å². The zero-order valence-corrected chi connectivity index (χ0v) is 11.8. The van der Waals surface area contributed by atoms with E-state index < -0.39 is 0 Å². The first-order chi connectivity index (χ1) is 7.95. The van der Waals surface area contributed by atoms with Crippen molar-refractivity contribution >= 4 is 11.6 Å². The molecular formula is C13H22ClN3. The highest BCUT2D eigenvalue weighted by molar-refractivity contribution is 6.30. The monoisotopic (exact) mass is 255 g/mol. The van der Waals surface area contributed by atoms with E-state index in [0.717, 1.165) is 17.0 Å². The number of nitrogens with zero attached hydrogens (tertiary/aromatic N) is 1. The Hall–Kier alpha value is -0.610. The van der Waals surface area contributed by atoms with Crippen LogP contribution in [0.2, 0.25) is 5.02 Å². The van der Waals surface area contributed by atoms with Crippen molar-refractivity contribution in [1.29, 1.82) is 0 Å². The SMILES string of the molecule is CCC(C)(C(NN)c1ccc(Cl)cc1)N(C)C. The first kappa shape index (κ1) is 14.5. The number of nitrogens with two attached hydrogens (primary N) is 1. The van der Waals surface area contributed by atoms with Crippen molar-refractivity contribution in [3.8, 4) is 0 Å². The Bertz CT molecular complexity index is 350. The molecule has 0 radical (unpaired) electrons. The summed E-state index contributed by atoms with van der Waals surface area (Å²) in [4.78, 5) is 2.20. The third-order valence-electron chi connectivity index (χ3n) is 3.73. The standard InChI is InChI=1S/C13H22ClN3/c1-5-13(2,17(3)4)12(16-15)10-6-8-11(14)9-7-10/h6-9,12,16H,5,15H2,1-4H3. The van der Waals surface area contributed by atoms with Crippen LogP contribution >= 0.6 is 11.6 Å². The molecule has 0 saturated carbocycles. The molecule has 1 rings (SSSR count). The normalized spacial score (nSPS) is 16.9. The van der Waals surface area contributed by atoms with E-state index in [1.807, 2.05) is 24.3 Å². The van der Waals surface area contributed by atoms with Gasteiger partial charge in [0.15, 0.2) is 0 Å². The maximum atomic E-state index is 5.91. The number of benzene rings is 1. The average molecular weight is 256 g/mol. The Morgan fingerprint density at radius 2 is 1.88 bits per heavy atom. The van der Waals surface area contributed by atoms with E-state index >= 15 is 0 Å². The zero-order valence-electron chi connectivity index (χ0n) is 11.0. The molecule has 0 aliphatic carbocycles. The number of nitrogens with one attached hydrogen (secondary N) is 1. The number of likely N-dealkylation sites (N-methyl/N-ethyl adjacent to an activating group) is 1. The fourth-order valence-corrected chi connectivity index (χ4v) is 2.19. The lowest BCUT2D eigenvalue weighted by Crippen LogP contribution is -2.52. The van der Waals surface area contributed by atoms with E-state index in [4.69, 9.17) is 17.4 Å². The van der Waals surface area contributed by atoms with Crippen molar-refractivity contribution in [1.82, 2.24) is 10.3 Å². The minimum atomic E-state index is -0.0391. The number of rotatable bonds is 5. The van der Waals surface area contributed by atoms with Gasteiger partial charge in [0.2, 0.25) is 0 Å². The van der Waals surface area contributed by atoms with Gasteiger partial charge in [0.05, 0.1) is 6.04 Å². The quantitative estimate of drug-likeness (QED) is 0.628. The Kier molecular flexibility index (Phi) is 4.95. The van der Waals surface area contributed by atoms with Crippen molar-refractivity contribution < 1.29 is 0 Å². The number of hydrazine groups is 1. The van der Waals surface area contributed by atoms with Crippen LogP contribution in [0.5, 0.6) is 0 Å². The highest BCUT2D eigenvalue weighted by atomic mass is 35.5. The number of hydrogen-bond acceptors (Lipinski definition) is 3. The molecule has 0 bridgehead atoms. The summed E-state index contributed by atoms with van der Waals surface area (Å²) in [5.74, 6) is 5.73. The summed E-state index contributed by atoms with van der Waals surface area (Å²) < 4.78 is 0. The van der Waals surface area contributed by atoms with Gasteiger partial charge in [-0.1, -0.05) is 30.7 Å². The van der Waals surface area contributed by atoms with Crippen LogP contribution in [0, 0.1) is 0 Å². The molecule has 96 valence electrons. The lowest BCUT2D eigenvalue weighted by molar-refractivity contribution is 0.113. The lowest BCUT2D eigenvalue weighted by atomic mass is 9.84. The van der Waals surface area contributed by atoms with Gasteiger partial charge in [0.25, 0.3) is 0 Å². The molecule has 0 saturated heterocycles. The summed E-state index contributed by atoms with van der Waals surface area (Å²) in [6.45, 7) is 4.37. The molecule has 0 spiro atoms. The van der Waals surface area contributed by atoms with Crippen molar-refractivity contribution in [2.45, 2.75) is 31.8 Å². The summed E-state index contributed by atoms with van der Waals surface area (Å²) in [5, 5.41) is 0.743. The average Bonchev–Trinajstić information content (AvgIpc) is 2.31. The van der Waals surface area contributed by atoms with Gasteiger partial charge in [0, 0.05) is 10.6 Å². The molecule has 0 aromatic heterocycles. The predicted molar refractivity (Wildman–Crippen MR) is 73.9 cm³/mol. The molecule has 1 aromatic rings. The first-order valence-electron chi connectivity index (χ1n) is 5.84. The second kappa shape index (κ2) is 5.83. The molecule has 17 heavy (non-hydrogen) atoms. The molecule has 0 heterocycles. The van der Waals surface area contributed by atoms with Crippen LogP contribution in [0.4, 0.5) is 0 Å². The Morgan fingerprint density at radius 1 is 1.35 bits per heavy atom. The minimum Gasteiger partial charge on any atom is -0.302 e. The van der Waals surface area contributed by atoms with Crippen LogP contribution in [-0.4, -0.2) is 24.5 Å². The smallest absolute Gasteiger partial charge is 0.0640 e. The molecule has 0 fully saturated rings. The number of halogens is 1. The highest BCUT2D eigenvalue weighted by Gasteiger charge is 2.35. The molecule has 1 aromatic carbocycles. The molecule has 2 unspecified atom stereocenters. The molecule has 3 nitrogen and oxygen atoms in total. The van der Waals surface area contributed by atoms with Gasteiger partial charge in [-0.25, -0.2) is 0 Å². The van der Waals surface area contributed by atoms with Gasteiger partial charge in [-0.15, -0.1) is 0 Å². The van der Waals surface area contributed by atoms with Gasteiger partial charge >= 0.3 is 0 Å². The second-order valence-corrected chi connectivity index (χ2v) is 5.19. The Balaban J connectivity index is 3.09. The van der Waals surface area contributed by atoms with Crippen molar-refractivity contribution in [3.63, 3.8) is 0 Å². The highest BCUT2D eigenvalue weighted by Crippen LogP contribution is 2.32. The summed E-state index contributed by atoms with van der Waals surface area (Å²) in [6, 6.07) is 7.90. The maximum Gasteiger partial charge on any atom is 0.0640 e. The third kappa shape index (κ3) is 2.99. The summed E-state index contributed by atoms with van der Waals surface area (Å²) >= 11 is 5.91. The maximum absolute atomic E-state index is 5.91. The van der Waals surface area contributed by atoms with Crippen molar-refractivity contribution in [2.75, 3.05) is 14.1 Å². The van der Waals surface area contributed by atoms with Gasteiger partial charge in [-0.05, 0) is 45.1 Å². The Morgan fingerprint density at radius 3 is 2.24 bits per heavy atom. The zero-order chi connectivity index (χ0) is 13.1. The van der Waals surface area contributed by atoms with Crippen LogP contribution in [0.1, 0.15) is 31.9 Å². The minimum absolute atomic E-state index is 0.0391. The van der Waals surface area contributed by atoms with Gasteiger partial charge in [-0.3, -0.25) is 11.3 Å². The second-order valence-electron chi connectivity index (χ2n) is 4.76. The lowest BCUT2D eigenvalue weighted by Gasteiger charge is -2.42. The topological polar surface area (TPSA) is 41.3 Å².